The topological polar surface area (TPSA) is 104 Å². The highest BCUT2D eigenvalue weighted by Gasteiger charge is 2.30. The van der Waals surface area contributed by atoms with Crippen LogP contribution in [0.2, 0.25) is 0 Å². The van der Waals surface area contributed by atoms with Crippen LogP contribution in [0.15, 0.2) is 0 Å². The van der Waals surface area contributed by atoms with E-state index in [-0.39, 0.29) is 13.2 Å². The summed E-state index contributed by atoms with van der Waals surface area (Å²) in [5.41, 5.74) is 4.94. The van der Waals surface area contributed by atoms with Crippen molar-refractivity contribution in [2.24, 2.45) is 5.73 Å². The maximum absolute atomic E-state index is 11.6. The van der Waals surface area contributed by atoms with Gasteiger partial charge in [-0.1, -0.05) is 13.8 Å². The molecule has 0 aromatic heterocycles. The molecule has 4 N–H and O–H groups in total. The summed E-state index contributed by atoms with van der Waals surface area (Å²) < 4.78 is 0. The van der Waals surface area contributed by atoms with Crippen LogP contribution in [-0.4, -0.2) is 52.2 Å². The molecule has 16 heavy (non-hydrogen) atoms. The maximum atomic E-state index is 11.6. The van der Waals surface area contributed by atoms with Gasteiger partial charge >= 0.3 is 11.8 Å². The second kappa shape index (κ2) is 7.19. The number of aliphatic hydroxyl groups is 2. The van der Waals surface area contributed by atoms with Crippen molar-refractivity contribution in [3.8, 4) is 0 Å². The first kappa shape index (κ1) is 14.9. The molecule has 94 valence electrons. The lowest BCUT2D eigenvalue weighted by Crippen LogP contribution is -2.53. The molecule has 0 fully saturated rings. The lowest BCUT2D eigenvalue weighted by atomic mass is 10.1. The normalized spacial score (nSPS) is 14.2. The number of primary amides is 1. The number of rotatable bonds is 6. The van der Waals surface area contributed by atoms with Gasteiger partial charge in [-0.25, -0.2) is 0 Å². The van der Waals surface area contributed by atoms with E-state index in [0.717, 1.165) is 0 Å². The average Bonchev–Trinajstić information content (AvgIpc) is 2.28. The smallest absolute Gasteiger partial charge is 0.312 e. The van der Waals surface area contributed by atoms with Gasteiger partial charge in [-0.2, -0.15) is 0 Å². The second-order valence-electron chi connectivity index (χ2n) is 3.57. The molecule has 0 aliphatic heterocycles. The van der Waals surface area contributed by atoms with Gasteiger partial charge in [0.2, 0.25) is 0 Å². The molecule has 0 aliphatic carbocycles. The van der Waals surface area contributed by atoms with Gasteiger partial charge in [-0.3, -0.25) is 9.59 Å². The molecule has 0 aromatic carbocycles. The van der Waals surface area contributed by atoms with E-state index in [1.165, 1.54) is 4.90 Å². The first-order valence-corrected chi connectivity index (χ1v) is 5.37. The van der Waals surface area contributed by atoms with E-state index in [9.17, 15) is 9.59 Å². The first-order valence-electron chi connectivity index (χ1n) is 5.37. The number of aliphatic hydroxyl groups excluding tert-OH is 2. The van der Waals surface area contributed by atoms with Gasteiger partial charge in [-0.15, -0.1) is 0 Å². The van der Waals surface area contributed by atoms with E-state index in [2.05, 4.69) is 0 Å². The quantitative estimate of drug-likeness (QED) is 0.502. The number of amides is 2. The molecule has 2 unspecified atom stereocenters. The minimum Gasteiger partial charge on any atom is -0.394 e. The fourth-order valence-corrected chi connectivity index (χ4v) is 1.58. The fraction of sp³-hybridized carbons (Fsp3) is 0.800. The minimum absolute atomic E-state index is 0.258. The molecular formula is C10H20N2O4. The zero-order valence-corrected chi connectivity index (χ0v) is 9.72. The van der Waals surface area contributed by atoms with Gasteiger partial charge in [0, 0.05) is 0 Å². The lowest BCUT2D eigenvalue weighted by Gasteiger charge is -2.34. The molecular weight excluding hydrogens is 212 g/mol. The van der Waals surface area contributed by atoms with Crippen molar-refractivity contribution in [3.05, 3.63) is 0 Å². The van der Waals surface area contributed by atoms with Crippen LogP contribution in [0.5, 0.6) is 0 Å². The van der Waals surface area contributed by atoms with Crippen molar-refractivity contribution >= 4 is 11.8 Å². The average molecular weight is 232 g/mol. The molecule has 0 radical (unpaired) electrons. The standard InChI is InChI=1S/C10H20N2O4/c1-3-7(5-13)12(8(4-2)6-14)10(16)9(11)15/h7-8,13-14H,3-6H2,1-2H3,(H2,11,15). The van der Waals surface area contributed by atoms with E-state index in [1.54, 1.807) is 13.8 Å². The van der Waals surface area contributed by atoms with Crippen molar-refractivity contribution in [1.29, 1.82) is 0 Å². The van der Waals surface area contributed by atoms with Crippen LogP contribution in [-0.2, 0) is 9.59 Å². The lowest BCUT2D eigenvalue weighted by molar-refractivity contribution is -0.149. The zero-order valence-electron chi connectivity index (χ0n) is 9.72. The first-order chi connectivity index (χ1) is 7.53. The molecule has 0 rings (SSSR count). The number of hydrogen-bond acceptors (Lipinski definition) is 4. The van der Waals surface area contributed by atoms with Crippen molar-refractivity contribution in [1.82, 2.24) is 4.90 Å². The van der Waals surface area contributed by atoms with Crippen molar-refractivity contribution < 1.29 is 19.8 Å². The minimum atomic E-state index is -1.07. The summed E-state index contributed by atoms with van der Waals surface area (Å²) in [6, 6.07) is -0.978. The Labute approximate surface area is 95.0 Å². The summed E-state index contributed by atoms with van der Waals surface area (Å²) in [5.74, 6) is -1.93. The Morgan fingerprint density at radius 2 is 1.50 bits per heavy atom. The van der Waals surface area contributed by atoms with Crippen LogP contribution in [0.3, 0.4) is 0 Å². The molecule has 0 saturated heterocycles. The monoisotopic (exact) mass is 232 g/mol. The van der Waals surface area contributed by atoms with E-state index in [0.29, 0.717) is 12.8 Å². The SMILES string of the molecule is CCC(CO)N(C(=O)C(N)=O)C(CC)CO. The Balaban J connectivity index is 5.01. The Morgan fingerprint density at radius 1 is 1.12 bits per heavy atom. The van der Waals surface area contributed by atoms with Crippen LogP contribution in [0.1, 0.15) is 26.7 Å². The summed E-state index contributed by atoms with van der Waals surface area (Å²) in [4.78, 5) is 23.7. The van der Waals surface area contributed by atoms with Gasteiger partial charge in [0.1, 0.15) is 0 Å². The Morgan fingerprint density at radius 3 is 1.69 bits per heavy atom. The van der Waals surface area contributed by atoms with Crippen molar-refractivity contribution in [3.63, 3.8) is 0 Å². The van der Waals surface area contributed by atoms with Gasteiger partial charge in [0.15, 0.2) is 0 Å². The third-order valence-corrected chi connectivity index (χ3v) is 2.60. The van der Waals surface area contributed by atoms with Crippen molar-refractivity contribution in [2.45, 2.75) is 38.8 Å². The number of nitrogens with zero attached hydrogens (tertiary/aromatic N) is 1. The molecule has 0 aromatic rings. The number of carbonyl (C=O) groups is 2. The van der Waals surface area contributed by atoms with Crippen molar-refractivity contribution in [2.75, 3.05) is 13.2 Å². The largest absolute Gasteiger partial charge is 0.394 e. The number of hydrogen-bond donors (Lipinski definition) is 3. The van der Waals surface area contributed by atoms with E-state index in [4.69, 9.17) is 15.9 Å². The highest BCUT2D eigenvalue weighted by atomic mass is 16.3. The summed E-state index contributed by atoms with van der Waals surface area (Å²) in [7, 11) is 0. The molecule has 6 heteroatoms. The Hall–Kier alpha value is -1.14. The van der Waals surface area contributed by atoms with Gasteiger partial charge in [-0.05, 0) is 12.8 Å². The van der Waals surface area contributed by atoms with Gasteiger partial charge < -0.3 is 20.8 Å². The molecule has 6 nitrogen and oxygen atoms in total. The van der Waals surface area contributed by atoms with Crippen LogP contribution < -0.4 is 5.73 Å². The highest BCUT2D eigenvalue weighted by molar-refractivity contribution is 6.34. The Kier molecular flexibility index (Phi) is 6.67. The molecule has 0 bridgehead atoms. The molecule has 0 aliphatic rings. The number of nitrogens with two attached hydrogens (primary N) is 1. The molecule has 2 atom stereocenters. The Bertz CT molecular complexity index is 225. The van der Waals surface area contributed by atoms with Gasteiger partial charge in [0.25, 0.3) is 0 Å². The molecule has 0 spiro atoms. The van der Waals surface area contributed by atoms with E-state index in [1.807, 2.05) is 0 Å². The predicted octanol–water partition coefficient (Wildman–Crippen LogP) is -1.16. The predicted molar refractivity (Wildman–Crippen MR) is 58.4 cm³/mol. The molecule has 0 heterocycles. The summed E-state index contributed by atoms with van der Waals surface area (Å²) in [5, 5.41) is 18.3. The van der Waals surface area contributed by atoms with Crippen LogP contribution in [0.25, 0.3) is 0 Å². The highest BCUT2D eigenvalue weighted by Crippen LogP contribution is 2.12. The summed E-state index contributed by atoms with van der Waals surface area (Å²) in [6.07, 6.45) is 0.984. The third-order valence-electron chi connectivity index (χ3n) is 2.60. The van der Waals surface area contributed by atoms with Gasteiger partial charge in [0.05, 0.1) is 25.3 Å². The summed E-state index contributed by atoms with van der Waals surface area (Å²) >= 11 is 0. The number of carbonyl (C=O) groups excluding carboxylic acids is 2. The van der Waals surface area contributed by atoms with Crippen LogP contribution in [0.4, 0.5) is 0 Å². The van der Waals surface area contributed by atoms with Crippen LogP contribution >= 0.6 is 0 Å². The second-order valence-corrected chi connectivity index (χ2v) is 3.57. The maximum Gasteiger partial charge on any atom is 0.312 e. The molecule has 0 saturated carbocycles. The zero-order chi connectivity index (χ0) is 12.7. The fourth-order valence-electron chi connectivity index (χ4n) is 1.58. The molecule has 2 amide bonds. The van der Waals surface area contributed by atoms with Crippen LogP contribution in [0, 0.1) is 0 Å². The third kappa shape index (κ3) is 3.46. The van der Waals surface area contributed by atoms with E-state index < -0.39 is 23.9 Å². The van der Waals surface area contributed by atoms with E-state index >= 15 is 0 Å². The summed E-state index contributed by atoms with van der Waals surface area (Å²) in [6.45, 7) is 3.05.